The molecule has 9 heteroatoms. The molecular weight excluding hydrogens is 332 g/mol. The summed E-state index contributed by atoms with van der Waals surface area (Å²) in [6.45, 7) is 10.2. The Kier molecular flexibility index (Phi) is 6.31. The van der Waals surface area contributed by atoms with Crippen LogP contribution in [0, 0.1) is 0 Å². The van der Waals surface area contributed by atoms with Gasteiger partial charge >= 0.3 is 12.1 Å². The third-order valence-corrected chi connectivity index (χ3v) is 2.64. The number of hydrogen-bond acceptors (Lipinski definition) is 7. The van der Waals surface area contributed by atoms with Crippen LogP contribution in [-0.2, 0) is 14.3 Å². The van der Waals surface area contributed by atoms with E-state index < -0.39 is 41.1 Å². The first-order valence-corrected chi connectivity index (χ1v) is 7.74. The molecule has 0 spiro atoms. The van der Waals surface area contributed by atoms with E-state index in [0.717, 1.165) is 12.1 Å². The number of hydrogen-bond donors (Lipinski definition) is 3. The van der Waals surface area contributed by atoms with Gasteiger partial charge in [-0.25, -0.2) is 9.59 Å². The number of carbonyl (C=O) groups is 2. The topological polar surface area (TPSA) is 119 Å². The van der Waals surface area contributed by atoms with Gasteiger partial charge in [-0.05, 0) is 41.5 Å². The van der Waals surface area contributed by atoms with Crippen molar-refractivity contribution in [2.45, 2.75) is 58.8 Å². The molecule has 0 saturated carbocycles. The minimum Gasteiger partial charge on any atom is -0.492 e. The smallest absolute Gasteiger partial charge is 0.408 e. The highest BCUT2D eigenvalue weighted by molar-refractivity contribution is 5.82. The Morgan fingerprint density at radius 3 is 2.04 bits per heavy atom. The SMILES string of the molecule is CC(C)(C)OC[C@H](NC(=O)OC(C)(C)C)C(=O)On1c(O)ccc1O. The van der Waals surface area contributed by atoms with Crippen LogP contribution in [0.3, 0.4) is 0 Å². The molecule has 0 unspecified atom stereocenters. The highest BCUT2D eigenvalue weighted by Crippen LogP contribution is 2.19. The summed E-state index contributed by atoms with van der Waals surface area (Å²) in [5.74, 6) is -1.89. The van der Waals surface area contributed by atoms with Gasteiger partial charge in [-0.2, -0.15) is 0 Å². The fourth-order valence-corrected chi connectivity index (χ4v) is 1.60. The lowest BCUT2D eigenvalue weighted by atomic mass is 10.2. The zero-order valence-corrected chi connectivity index (χ0v) is 15.3. The number of rotatable bonds is 5. The van der Waals surface area contributed by atoms with Gasteiger partial charge in [0, 0.05) is 12.1 Å². The van der Waals surface area contributed by atoms with Crippen molar-refractivity contribution in [1.29, 1.82) is 0 Å². The minimum atomic E-state index is -1.21. The molecule has 1 aromatic heterocycles. The van der Waals surface area contributed by atoms with Crippen LogP contribution in [0.1, 0.15) is 41.5 Å². The van der Waals surface area contributed by atoms with Crippen LogP contribution in [0.25, 0.3) is 0 Å². The third-order valence-electron chi connectivity index (χ3n) is 2.64. The summed E-state index contributed by atoms with van der Waals surface area (Å²) in [5.41, 5.74) is -1.31. The maximum atomic E-state index is 12.3. The Morgan fingerprint density at radius 1 is 1.08 bits per heavy atom. The summed E-state index contributed by atoms with van der Waals surface area (Å²) in [5, 5.41) is 21.4. The maximum Gasteiger partial charge on any atom is 0.408 e. The third kappa shape index (κ3) is 7.34. The molecule has 1 heterocycles. The van der Waals surface area contributed by atoms with Crippen molar-refractivity contribution in [1.82, 2.24) is 10.0 Å². The van der Waals surface area contributed by atoms with Crippen LogP contribution in [0.5, 0.6) is 11.8 Å². The quantitative estimate of drug-likeness (QED) is 0.731. The molecule has 1 amide bonds. The first-order valence-electron chi connectivity index (χ1n) is 7.74. The number of aromatic hydroxyl groups is 2. The molecule has 0 bridgehead atoms. The molecule has 0 aliphatic carbocycles. The van der Waals surface area contributed by atoms with E-state index in [1.54, 1.807) is 41.5 Å². The monoisotopic (exact) mass is 358 g/mol. The molecule has 142 valence electrons. The van der Waals surface area contributed by atoms with Crippen LogP contribution >= 0.6 is 0 Å². The zero-order chi connectivity index (χ0) is 19.4. The lowest BCUT2D eigenvalue weighted by Crippen LogP contribution is -2.50. The van der Waals surface area contributed by atoms with Gasteiger partial charge in [-0.1, -0.05) is 0 Å². The van der Waals surface area contributed by atoms with E-state index in [-0.39, 0.29) is 6.61 Å². The predicted octanol–water partition coefficient (Wildman–Crippen LogP) is 1.56. The summed E-state index contributed by atoms with van der Waals surface area (Å²) in [4.78, 5) is 29.2. The molecule has 0 fully saturated rings. The van der Waals surface area contributed by atoms with Crippen LogP contribution in [0.15, 0.2) is 12.1 Å². The van der Waals surface area contributed by atoms with E-state index in [4.69, 9.17) is 14.3 Å². The summed E-state index contributed by atoms with van der Waals surface area (Å²) < 4.78 is 11.2. The fourth-order valence-electron chi connectivity index (χ4n) is 1.60. The fraction of sp³-hybridized carbons (Fsp3) is 0.625. The first-order chi connectivity index (χ1) is 11.3. The van der Waals surface area contributed by atoms with Crippen LogP contribution in [0.2, 0.25) is 0 Å². The van der Waals surface area contributed by atoms with E-state index in [1.165, 1.54) is 0 Å². The Morgan fingerprint density at radius 2 is 1.60 bits per heavy atom. The average molecular weight is 358 g/mol. The summed E-state index contributed by atoms with van der Waals surface area (Å²) in [7, 11) is 0. The molecule has 9 nitrogen and oxygen atoms in total. The Bertz CT molecular complexity index is 591. The van der Waals surface area contributed by atoms with E-state index in [0.29, 0.717) is 4.73 Å². The van der Waals surface area contributed by atoms with Crippen molar-refractivity contribution >= 4 is 12.1 Å². The second-order valence-electron chi connectivity index (χ2n) is 7.38. The average Bonchev–Trinajstić information content (AvgIpc) is 2.72. The van der Waals surface area contributed by atoms with Crippen LogP contribution in [0.4, 0.5) is 4.79 Å². The van der Waals surface area contributed by atoms with Crippen LogP contribution < -0.4 is 10.2 Å². The second-order valence-corrected chi connectivity index (χ2v) is 7.38. The lowest BCUT2D eigenvalue weighted by Gasteiger charge is -2.25. The van der Waals surface area contributed by atoms with Gasteiger partial charge in [0.2, 0.25) is 11.8 Å². The van der Waals surface area contributed by atoms with Crippen LogP contribution in [-0.4, -0.2) is 50.9 Å². The Labute approximate surface area is 146 Å². The molecule has 1 aromatic rings. The standard InChI is InChI=1S/C16H26N2O7/c1-15(2,3)23-9-10(17-14(22)24-16(4,5)6)13(21)25-18-11(19)7-8-12(18)20/h7-8,10,19-20H,9H2,1-6H3,(H,17,22)/t10-/m0/s1. The number of nitrogens with one attached hydrogen (secondary N) is 1. The lowest BCUT2D eigenvalue weighted by molar-refractivity contribution is -0.151. The summed E-state index contributed by atoms with van der Waals surface area (Å²) in [6, 6.07) is 1.07. The molecule has 0 aliphatic heterocycles. The summed E-state index contributed by atoms with van der Waals surface area (Å²) in [6.07, 6.45) is -0.826. The number of ether oxygens (including phenoxy) is 2. The van der Waals surface area contributed by atoms with Gasteiger partial charge in [-0.15, -0.1) is 4.73 Å². The van der Waals surface area contributed by atoms with Crippen molar-refractivity contribution in [3.05, 3.63) is 12.1 Å². The Hall–Kier alpha value is -2.42. The number of alkyl carbamates (subject to hydrolysis) is 1. The van der Waals surface area contributed by atoms with Crippen molar-refractivity contribution < 1.29 is 34.1 Å². The van der Waals surface area contributed by atoms with Crippen molar-refractivity contribution in [2.24, 2.45) is 0 Å². The van der Waals surface area contributed by atoms with Gasteiger partial charge < -0.3 is 29.8 Å². The molecule has 25 heavy (non-hydrogen) atoms. The summed E-state index contributed by atoms with van der Waals surface area (Å²) >= 11 is 0. The minimum absolute atomic E-state index is 0.190. The van der Waals surface area contributed by atoms with E-state index >= 15 is 0 Å². The molecule has 0 saturated heterocycles. The van der Waals surface area contributed by atoms with Gasteiger partial charge in [0.15, 0.2) is 6.04 Å². The first kappa shape index (κ1) is 20.6. The maximum absolute atomic E-state index is 12.3. The molecule has 0 radical (unpaired) electrons. The van der Waals surface area contributed by atoms with E-state index in [9.17, 15) is 19.8 Å². The molecular formula is C16H26N2O7. The van der Waals surface area contributed by atoms with Gasteiger partial charge in [-0.3, -0.25) is 0 Å². The number of amides is 1. The molecule has 1 atom stereocenters. The van der Waals surface area contributed by atoms with Gasteiger partial charge in [0.1, 0.15) is 5.60 Å². The van der Waals surface area contributed by atoms with E-state index in [1.807, 2.05) is 0 Å². The largest absolute Gasteiger partial charge is 0.492 e. The zero-order valence-electron chi connectivity index (χ0n) is 15.3. The number of carbonyl (C=O) groups excluding carboxylic acids is 2. The Balaban J connectivity index is 2.85. The van der Waals surface area contributed by atoms with Gasteiger partial charge in [0.05, 0.1) is 12.2 Å². The predicted molar refractivity (Wildman–Crippen MR) is 88.2 cm³/mol. The number of aromatic nitrogens is 1. The van der Waals surface area contributed by atoms with Crippen molar-refractivity contribution in [3.63, 3.8) is 0 Å². The molecule has 0 aliphatic rings. The van der Waals surface area contributed by atoms with Crippen molar-refractivity contribution in [2.75, 3.05) is 6.61 Å². The molecule has 1 rings (SSSR count). The highest BCUT2D eigenvalue weighted by atomic mass is 16.7. The number of nitrogens with zero attached hydrogens (tertiary/aromatic N) is 1. The molecule has 3 N–H and O–H groups in total. The van der Waals surface area contributed by atoms with Gasteiger partial charge in [0.25, 0.3) is 0 Å². The van der Waals surface area contributed by atoms with E-state index in [2.05, 4.69) is 5.32 Å². The normalized spacial score (nSPS) is 13.2. The second kappa shape index (κ2) is 7.64. The molecule has 0 aromatic carbocycles. The van der Waals surface area contributed by atoms with Crippen molar-refractivity contribution in [3.8, 4) is 11.8 Å². The highest BCUT2D eigenvalue weighted by Gasteiger charge is 2.29.